The first-order valence-corrected chi connectivity index (χ1v) is 11.6. The zero-order chi connectivity index (χ0) is 22.8. The summed E-state index contributed by atoms with van der Waals surface area (Å²) in [4.78, 5) is 29.0. The molecule has 2 amide bonds. The molecule has 0 spiro atoms. The van der Waals surface area contributed by atoms with Gasteiger partial charge in [-0.3, -0.25) is 9.59 Å². The average Bonchev–Trinajstić information content (AvgIpc) is 3.00. The largest absolute Gasteiger partial charge is 0.350 e. The molecule has 32 heavy (non-hydrogen) atoms. The molecule has 3 aromatic rings. The lowest BCUT2D eigenvalue weighted by molar-refractivity contribution is -0.120. The number of halogens is 2. The molecule has 0 unspecified atom stereocenters. The summed E-state index contributed by atoms with van der Waals surface area (Å²) in [5.41, 5.74) is 2.48. The fourth-order valence-corrected chi connectivity index (χ4v) is 4.56. The van der Waals surface area contributed by atoms with Crippen LogP contribution in [-0.2, 0) is 9.59 Å². The van der Waals surface area contributed by atoms with Crippen molar-refractivity contribution in [2.24, 2.45) is 0 Å². The molecular formula is C25H20Cl2N2O2S. The SMILES string of the molecule is CC(C)c1ccc(NC2=C(Sc3ccc(Cl)cc3)C(=O)N(c3ccccc3Cl)C2=O)cc1. The van der Waals surface area contributed by atoms with Crippen LogP contribution in [0.4, 0.5) is 11.4 Å². The van der Waals surface area contributed by atoms with Crippen molar-refractivity contribution in [1.29, 1.82) is 0 Å². The number of rotatable bonds is 6. The highest BCUT2D eigenvalue weighted by atomic mass is 35.5. The molecule has 1 heterocycles. The van der Waals surface area contributed by atoms with Crippen LogP contribution in [0.25, 0.3) is 0 Å². The third-order valence-electron chi connectivity index (χ3n) is 5.01. The second-order valence-electron chi connectivity index (χ2n) is 7.56. The number of hydrogen-bond donors (Lipinski definition) is 1. The molecule has 4 rings (SSSR count). The fourth-order valence-electron chi connectivity index (χ4n) is 3.28. The van der Waals surface area contributed by atoms with Crippen LogP contribution in [0, 0.1) is 0 Å². The van der Waals surface area contributed by atoms with Gasteiger partial charge < -0.3 is 5.32 Å². The number of hydrogen-bond acceptors (Lipinski definition) is 4. The van der Waals surface area contributed by atoms with Crippen molar-refractivity contribution in [3.63, 3.8) is 0 Å². The van der Waals surface area contributed by atoms with Crippen LogP contribution in [0.3, 0.4) is 0 Å². The molecule has 0 radical (unpaired) electrons. The van der Waals surface area contributed by atoms with Crippen LogP contribution in [0.5, 0.6) is 0 Å². The summed E-state index contributed by atoms with van der Waals surface area (Å²) in [6.45, 7) is 4.24. The topological polar surface area (TPSA) is 49.4 Å². The predicted octanol–water partition coefficient (Wildman–Crippen LogP) is 7.11. The summed E-state index contributed by atoms with van der Waals surface area (Å²) >= 11 is 13.5. The summed E-state index contributed by atoms with van der Waals surface area (Å²) in [5, 5.41) is 4.09. The zero-order valence-corrected chi connectivity index (χ0v) is 19.8. The Labute approximate surface area is 201 Å². The fraction of sp³-hybridized carbons (Fsp3) is 0.120. The van der Waals surface area contributed by atoms with Crippen molar-refractivity contribution in [3.05, 3.63) is 99.0 Å². The highest BCUT2D eigenvalue weighted by Crippen LogP contribution is 2.40. The molecule has 3 aromatic carbocycles. The van der Waals surface area contributed by atoms with Crippen molar-refractivity contribution >= 4 is 58.2 Å². The zero-order valence-electron chi connectivity index (χ0n) is 17.4. The first kappa shape index (κ1) is 22.5. The highest BCUT2D eigenvalue weighted by molar-refractivity contribution is 8.04. The van der Waals surface area contributed by atoms with Gasteiger partial charge in [-0.2, -0.15) is 0 Å². The number of benzene rings is 3. The Morgan fingerprint density at radius 3 is 2.12 bits per heavy atom. The minimum Gasteiger partial charge on any atom is -0.350 e. The van der Waals surface area contributed by atoms with E-state index in [-0.39, 0.29) is 5.70 Å². The van der Waals surface area contributed by atoms with E-state index in [2.05, 4.69) is 19.2 Å². The van der Waals surface area contributed by atoms with E-state index >= 15 is 0 Å². The maximum atomic E-state index is 13.4. The highest BCUT2D eigenvalue weighted by Gasteiger charge is 2.41. The molecule has 0 bridgehead atoms. The first-order valence-electron chi connectivity index (χ1n) is 10.0. The maximum Gasteiger partial charge on any atom is 0.283 e. The summed E-state index contributed by atoms with van der Waals surface area (Å²) in [6.07, 6.45) is 0. The number of amides is 2. The number of thioether (sulfide) groups is 1. The van der Waals surface area contributed by atoms with Gasteiger partial charge in [0.05, 0.1) is 10.7 Å². The average molecular weight is 483 g/mol. The predicted molar refractivity (Wildman–Crippen MR) is 132 cm³/mol. The van der Waals surface area contributed by atoms with Crippen LogP contribution in [0.1, 0.15) is 25.3 Å². The molecule has 1 aliphatic heterocycles. The van der Waals surface area contributed by atoms with Crippen LogP contribution in [0.15, 0.2) is 88.3 Å². The standard InChI is InChI=1S/C25H20Cl2N2O2S/c1-15(2)16-7-11-18(12-8-16)28-22-23(32-19-13-9-17(26)10-14-19)25(31)29(24(22)30)21-6-4-3-5-20(21)27/h3-15,28H,1-2H3. The number of carbonyl (C=O) groups is 2. The van der Waals surface area contributed by atoms with Gasteiger partial charge >= 0.3 is 0 Å². The molecule has 0 saturated heterocycles. The Morgan fingerprint density at radius 1 is 0.844 bits per heavy atom. The van der Waals surface area contributed by atoms with E-state index in [0.717, 1.165) is 15.5 Å². The van der Waals surface area contributed by atoms with E-state index in [1.165, 1.54) is 17.3 Å². The van der Waals surface area contributed by atoms with Crippen LogP contribution in [-0.4, -0.2) is 11.8 Å². The number of imide groups is 1. The normalized spacial score (nSPS) is 14.0. The molecule has 1 aliphatic rings. The van der Waals surface area contributed by atoms with E-state index < -0.39 is 11.8 Å². The third kappa shape index (κ3) is 4.56. The van der Waals surface area contributed by atoms with Crippen LogP contribution in [0.2, 0.25) is 10.0 Å². The summed E-state index contributed by atoms with van der Waals surface area (Å²) in [6, 6.07) is 21.7. The van der Waals surface area contributed by atoms with E-state index in [1.54, 1.807) is 36.4 Å². The van der Waals surface area contributed by atoms with Gasteiger partial charge in [-0.05, 0) is 60.0 Å². The quantitative estimate of drug-likeness (QED) is 0.380. The molecule has 7 heteroatoms. The number of carbonyl (C=O) groups excluding carboxylic acids is 2. The number of nitrogens with zero attached hydrogens (tertiary/aromatic N) is 1. The van der Waals surface area contributed by atoms with Gasteiger partial charge in [-0.25, -0.2) is 4.90 Å². The summed E-state index contributed by atoms with van der Waals surface area (Å²) < 4.78 is 0. The van der Waals surface area contributed by atoms with Crippen molar-refractivity contribution in [2.75, 3.05) is 10.2 Å². The Balaban J connectivity index is 1.73. The monoisotopic (exact) mass is 482 g/mol. The number of para-hydroxylation sites is 1. The third-order valence-corrected chi connectivity index (χ3v) is 6.68. The van der Waals surface area contributed by atoms with Gasteiger partial charge in [0, 0.05) is 15.6 Å². The van der Waals surface area contributed by atoms with Crippen molar-refractivity contribution in [1.82, 2.24) is 0 Å². The van der Waals surface area contributed by atoms with Gasteiger partial charge in [0.1, 0.15) is 10.6 Å². The summed E-state index contributed by atoms with van der Waals surface area (Å²) in [7, 11) is 0. The lowest BCUT2D eigenvalue weighted by atomic mass is 10.0. The number of anilines is 2. The van der Waals surface area contributed by atoms with Crippen LogP contribution < -0.4 is 10.2 Å². The molecule has 1 N–H and O–H groups in total. The molecule has 0 aliphatic carbocycles. The second-order valence-corrected chi connectivity index (χ2v) is 9.49. The van der Waals surface area contributed by atoms with Crippen molar-refractivity contribution in [3.8, 4) is 0 Å². The smallest absolute Gasteiger partial charge is 0.283 e. The Kier molecular flexibility index (Phi) is 6.60. The van der Waals surface area contributed by atoms with E-state index in [4.69, 9.17) is 23.2 Å². The van der Waals surface area contributed by atoms with Gasteiger partial charge in [0.15, 0.2) is 0 Å². The van der Waals surface area contributed by atoms with Crippen molar-refractivity contribution < 1.29 is 9.59 Å². The Morgan fingerprint density at radius 2 is 1.50 bits per heavy atom. The lowest BCUT2D eigenvalue weighted by Gasteiger charge is -2.16. The molecule has 162 valence electrons. The molecule has 4 nitrogen and oxygen atoms in total. The molecule has 0 atom stereocenters. The van der Waals surface area contributed by atoms with Crippen molar-refractivity contribution in [2.45, 2.75) is 24.7 Å². The van der Waals surface area contributed by atoms with E-state index in [9.17, 15) is 9.59 Å². The minimum atomic E-state index is -0.451. The van der Waals surface area contributed by atoms with E-state index in [0.29, 0.717) is 26.6 Å². The Bertz CT molecular complexity index is 1210. The first-order chi connectivity index (χ1) is 15.3. The molecular weight excluding hydrogens is 463 g/mol. The minimum absolute atomic E-state index is 0.215. The molecule has 0 aromatic heterocycles. The van der Waals surface area contributed by atoms with E-state index in [1.807, 2.05) is 36.4 Å². The Hall–Kier alpha value is -2.73. The van der Waals surface area contributed by atoms with Gasteiger partial charge in [0.25, 0.3) is 11.8 Å². The maximum absolute atomic E-state index is 13.4. The molecule has 0 fully saturated rings. The van der Waals surface area contributed by atoms with Gasteiger partial charge in [-0.15, -0.1) is 0 Å². The molecule has 0 saturated carbocycles. The van der Waals surface area contributed by atoms with Gasteiger partial charge in [0.2, 0.25) is 0 Å². The number of nitrogens with one attached hydrogen (secondary N) is 1. The lowest BCUT2D eigenvalue weighted by Crippen LogP contribution is -2.32. The van der Waals surface area contributed by atoms with Crippen LogP contribution >= 0.6 is 35.0 Å². The second kappa shape index (κ2) is 9.41. The summed E-state index contributed by atoms with van der Waals surface area (Å²) in [5.74, 6) is -0.485. The van der Waals surface area contributed by atoms with Gasteiger partial charge in [-0.1, -0.05) is 73.1 Å².